The van der Waals surface area contributed by atoms with Crippen LogP contribution in [0.3, 0.4) is 0 Å². The minimum absolute atomic E-state index is 0.236. The van der Waals surface area contributed by atoms with Crippen LogP contribution >= 0.6 is 0 Å². The van der Waals surface area contributed by atoms with E-state index in [1.165, 1.54) is 0 Å². The van der Waals surface area contributed by atoms with Crippen molar-refractivity contribution in [2.24, 2.45) is 0 Å². The zero-order valence-electron chi connectivity index (χ0n) is 8.62. The van der Waals surface area contributed by atoms with Gasteiger partial charge in [-0.15, -0.1) is 6.42 Å². The molecule has 1 saturated heterocycles. The van der Waals surface area contributed by atoms with Gasteiger partial charge in [0.15, 0.2) is 0 Å². The first-order chi connectivity index (χ1) is 6.74. The van der Waals surface area contributed by atoms with Crippen LogP contribution < -0.4 is 5.32 Å². The summed E-state index contributed by atoms with van der Waals surface area (Å²) in [5.41, 5.74) is 0. The van der Waals surface area contributed by atoms with Crippen LogP contribution in [-0.4, -0.2) is 62.0 Å². The van der Waals surface area contributed by atoms with E-state index in [1.807, 2.05) is 0 Å². The molecule has 1 heterocycles. The van der Waals surface area contributed by atoms with E-state index in [4.69, 9.17) is 6.42 Å². The van der Waals surface area contributed by atoms with Gasteiger partial charge in [0.05, 0.1) is 0 Å². The van der Waals surface area contributed by atoms with E-state index < -0.39 is 0 Å². The molecular weight excluding hydrogens is 178 g/mol. The third-order valence-electron chi connectivity index (χ3n) is 2.43. The lowest BCUT2D eigenvalue weighted by atomic mass is 10.3. The Labute approximate surface area is 85.2 Å². The van der Waals surface area contributed by atoms with Crippen molar-refractivity contribution in [2.45, 2.75) is 0 Å². The van der Waals surface area contributed by atoms with Gasteiger partial charge in [-0.2, -0.15) is 0 Å². The highest BCUT2D eigenvalue weighted by Crippen LogP contribution is 1.93. The maximum absolute atomic E-state index is 11.0. The van der Waals surface area contributed by atoms with Crippen molar-refractivity contribution in [3.05, 3.63) is 0 Å². The van der Waals surface area contributed by atoms with Gasteiger partial charge in [0.1, 0.15) is 0 Å². The number of piperazine rings is 1. The van der Waals surface area contributed by atoms with Crippen molar-refractivity contribution < 1.29 is 4.79 Å². The predicted octanol–water partition coefficient (Wildman–Crippen LogP) is -1.02. The molecular formula is C10H17N3O. The van der Waals surface area contributed by atoms with Gasteiger partial charge in [-0.05, 0) is 5.92 Å². The number of terminal acetylenes is 1. The van der Waals surface area contributed by atoms with Gasteiger partial charge in [0.2, 0.25) is 0 Å². The summed E-state index contributed by atoms with van der Waals surface area (Å²) in [5, 5.41) is 3.28. The summed E-state index contributed by atoms with van der Waals surface area (Å²) in [6, 6.07) is 0. The fourth-order valence-electron chi connectivity index (χ4n) is 1.44. The van der Waals surface area contributed by atoms with Crippen molar-refractivity contribution >= 4 is 5.91 Å². The van der Waals surface area contributed by atoms with Crippen LogP contribution in [0, 0.1) is 12.3 Å². The van der Waals surface area contributed by atoms with E-state index in [1.54, 1.807) is 11.9 Å². The Morgan fingerprint density at radius 1 is 1.57 bits per heavy atom. The molecule has 0 aromatic carbocycles. The minimum Gasteiger partial charge on any atom is -0.334 e. The lowest BCUT2D eigenvalue weighted by molar-refractivity contribution is -0.124. The molecule has 1 aliphatic heterocycles. The molecule has 4 nitrogen and oxygen atoms in total. The Bertz CT molecular complexity index is 228. The Balaban J connectivity index is 2.19. The molecule has 0 aromatic heterocycles. The second-order valence-electron chi connectivity index (χ2n) is 3.46. The first-order valence-electron chi connectivity index (χ1n) is 4.89. The summed E-state index contributed by atoms with van der Waals surface area (Å²) in [7, 11) is 1.74. The maximum Gasteiger partial charge on any atom is 0.297 e. The number of amides is 1. The topological polar surface area (TPSA) is 35.6 Å². The third-order valence-corrected chi connectivity index (χ3v) is 2.43. The molecule has 1 amide bonds. The van der Waals surface area contributed by atoms with Crippen molar-refractivity contribution in [3.63, 3.8) is 0 Å². The van der Waals surface area contributed by atoms with Gasteiger partial charge in [0.25, 0.3) is 5.91 Å². The summed E-state index contributed by atoms with van der Waals surface area (Å²) >= 11 is 0. The Morgan fingerprint density at radius 3 is 2.79 bits per heavy atom. The normalized spacial score (nSPS) is 17.4. The largest absolute Gasteiger partial charge is 0.334 e. The van der Waals surface area contributed by atoms with E-state index in [0.717, 1.165) is 32.7 Å². The maximum atomic E-state index is 11.0. The Morgan fingerprint density at radius 2 is 2.21 bits per heavy atom. The molecule has 1 fully saturated rings. The summed E-state index contributed by atoms with van der Waals surface area (Å²) in [6.45, 7) is 5.80. The number of hydrogen-bond acceptors (Lipinski definition) is 3. The average Bonchev–Trinajstić information content (AvgIpc) is 2.26. The number of rotatable bonds is 3. The predicted molar refractivity (Wildman–Crippen MR) is 55.8 cm³/mol. The van der Waals surface area contributed by atoms with E-state index >= 15 is 0 Å². The number of likely N-dealkylation sites (N-methyl/N-ethyl adjacent to an activating group) is 1. The molecule has 78 valence electrons. The van der Waals surface area contributed by atoms with Gasteiger partial charge in [-0.25, -0.2) is 0 Å². The van der Waals surface area contributed by atoms with Crippen LogP contribution in [0.5, 0.6) is 0 Å². The fourth-order valence-corrected chi connectivity index (χ4v) is 1.44. The van der Waals surface area contributed by atoms with E-state index in [9.17, 15) is 4.79 Å². The number of hydrogen-bond donors (Lipinski definition) is 1. The van der Waals surface area contributed by atoms with Gasteiger partial charge in [0, 0.05) is 46.3 Å². The van der Waals surface area contributed by atoms with Crippen molar-refractivity contribution in [1.29, 1.82) is 0 Å². The minimum atomic E-state index is -0.236. The molecule has 0 aromatic rings. The summed E-state index contributed by atoms with van der Waals surface area (Å²) in [5.74, 6) is 1.87. The summed E-state index contributed by atoms with van der Waals surface area (Å²) < 4.78 is 0. The monoisotopic (exact) mass is 195 g/mol. The first kappa shape index (κ1) is 11.0. The van der Waals surface area contributed by atoms with Crippen LogP contribution in [0.1, 0.15) is 0 Å². The first-order valence-corrected chi connectivity index (χ1v) is 4.89. The Kier molecular flexibility index (Phi) is 4.44. The van der Waals surface area contributed by atoms with Crippen molar-refractivity contribution in [2.75, 3.05) is 46.3 Å². The number of nitrogens with zero attached hydrogens (tertiary/aromatic N) is 2. The van der Waals surface area contributed by atoms with Crippen molar-refractivity contribution in [3.8, 4) is 12.3 Å². The molecule has 1 aliphatic rings. The molecule has 4 heteroatoms. The molecule has 0 radical (unpaired) electrons. The van der Waals surface area contributed by atoms with Crippen LogP contribution in [0.4, 0.5) is 0 Å². The second kappa shape index (κ2) is 5.63. The highest BCUT2D eigenvalue weighted by Gasteiger charge is 2.11. The zero-order valence-corrected chi connectivity index (χ0v) is 8.62. The highest BCUT2D eigenvalue weighted by atomic mass is 16.2. The van der Waals surface area contributed by atoms with Crippen LogP contribution in [-0.2, 0) is 4.79 Å². The van der Waals surface area contributed by atoms with Crippen LogP contribution in [0.2, 0.25) is 0 Å². The molecule has 0 aliphatic carbocycles. The van der Waals surface area contributed by atoms with Crippen LogP contribution in [0.15, 0.2) is 0 Å². The summed E-state index contributed by atoms with van der Waals surface area (Å²) in [4.78, 5) is 15.0. The van der Waals surface area contributed by atoms with Gasteiger partial charge in [-0.3, -0.25) is 9.69 Å². The van der Waals surface area contributed by atoms with Gasteiger partial charge in [-0.1, -0.05) is 0 Å². The molecule has 14 heavy (non-hydrogen) atoms. The smallest absolute Gasteiger partial charge is 0.297 e. The summed E-state index contributed by atoms with van der Waals surface area (Å²) in [6.07, 6.45) is 5.02. The van der Waals surface area contributed by atoms with Crippen molar-refractivity contribution in [1.82, 2.24) is 15.1 Å². The Hall–Kier alpha value is -1.05. The van der Waals surface area contributed by atoms with E-state index in [2.05, 4.69) is 16.1 Å². The highest BCUT2D eigenvalue weighted by molar-refractivity contribution is 5.92. The average molecular weight is 195 g/mol. The lowest BCUT2D eigenvalue weighted by Crippen LogP contribution is -2.46. The standard InChI is InChI=1S/C10H17N3O/c1-3-10(14)12(2)8-9-13-6-4-11-5-7-13/h1,11H,4-9H2,2H3. The van der Waals surface area contributed by atoms with E-state index in [0.29, 0.717) is 6.54 Å². The number of nitrogens with one attached hydrogen (secondary N) is 1. The van der Waals surface area contributed by atoms with Gasteiger partial charge >= 0.3 is 0 Å². The quantitative estimate of drug-likeness (QED) is 0.586. The number of carbonyl (C=O) groups excluding carboxylic acids is 1. The third kappa shape index (κ3) is 3.36. The lowest BCUT2D eigenvalue weighted by Gasteiger charge is -2.28. The van der Waals surface area contributed by atoms with Crippen LogP contribution in [0.25, 0.3) is 0 Å². The second-order valence-corrected chi connectivity index (χ2v) is 3.46. The molecule has 1 rings (SSSR count). The SMILES string of the molecule is C#CC(=O)N(C)CCN1CCNCC1. The fraction of sp³-hybridized carbons (Fsp3) is 0.700. The number of carbonyl (C=O) groups is 1. The van der Waals surface area contributed by atoms with Gasteiger partial charge < -0.3 is 10.2 Å². The molecule has 1 N–H and O–H groups in total. The molecule has 0 saturated carbocycles. The molecule has 0 spiro atoms. The molecule has 0 atom stereocenters. The molecule has 0 bridgehead atoms. The van der Waals surface area contributed by atoms with E-state index in [-0.39, 0.29) is 5.91 Å². The molecule has 0 unspecified atom stereocenters. The zero-order chi connectivity index (χ0) is 10.4.